The molecule has 5 nitrogen and oxygen atoms in total. The number of aromatic nitrogens is 3. The fourth-order valence-electron chi connectivity index (χ4n) is 2.20. The van der Waals surface area contributed by atoms with Crippen LogP contribution >= 0.6 is 0 Å². The Morgan fingerprint density at radius 1 is 1.53 bits per heavy atom. The number of nitrogens with one attached hydrogen (secondary N) is 1. The summed E-state index contributed by atoms with van der Waals surface area (Å²) in [5, 5.41) is 6.54. The topological polar surface area (TPSA) is 52.0 Å². The van der Waals surface area contributed by atoms with E-state index in [0.717, 1.165) is 30.2 Å². The van der Waals surface area contributed by atoms with Gasteiger partial charge < -0.3 is 10.1 Å². The van der Waals surface area contributed by atoms with Gasteiger partial charge in [-0.1, -0.05) is 0 Å². The van der Waals surface area contributed by atoms with Crippen LogP contribution in [0.4, 0.5) is 13.2 Å². The van der Waals surface area contributed by atoms with Gasteiger partial charge in [0.1, 0.15) is 12.7 Å². The smallest absolute Gasteiger partial charge is 0.378 e. The van der Waals surface area contributed by atoms with E-state index in [0.29, 0.717) is 6.61 Å². The molecule has 1 fully saturated rings. The Morgan fingerprint density at radius 3 is 2.89 bits per heavy atom. The highest BCUT2D eigenvalue weighted by molar-refractivity contribution is 4.81. The van der Waals surface area contributed by atoms with Gasteiger partial charge in [-0.25, -0.2) is 9.67 Å². The molecule has 1 aliphatic heterocycles. The molecule has 1 aromatic rings. The predicted molar refractivity (Wildman–Crippen MR) is 61.6 cm³/mol. The molecule has 1 saturated heterocycles. The summed E-state index contributed by atoms with van der Waals surface area (Å²) in [5.74, 6) is 0. The molecule has 0 spiro atoms. The van der Waals surface area contributed by atoms with Gasteiger partial charge in [-0.3, -0.25) is 0 Å². The summed E-state index contributed by atoms with van der Waals surface area (Å²) in [5.41, 5.74) is 0. The van der Waals surface area contributed by atoms with Crippen molar-refractivity contribution in [2.75, 3.05) is 13.2 Å². The number of hydrogen-bond acceptors (Lipinski definition) is 4. The standard InChI is InChI=1S/C11H17F3N4O/c1-8-4-9(2-3-19-8)16-5-10(11(12,13)14)18-7-15-6-17-18/h6-10,16H,2-5H2,1H3. The molecule has 0 saturated carbocycles. The van der Waals surface area contributed by atoms with E-state index >= 15 is 0 Å². The second-order valence-electron chi connectivity index (χ2n) is 4.74. The maximum Gasteiger partial charge on any atom is 0.412 e. The zero-order valence-corrected chi connectivity index (χ0v) is 10.6. The van der Waals surface area contributed by atoms with Gasteiger partial charge in [-0.15, -0.1) is 0 Å². The van der Waals surface area contributed by atoms with Crippen molar-refractivity contribution in [3.05, 3.63) is 12.7 Å². The highest BCUT2D eigenvalue weighted by Crippen LogP contribution is 2.29. The van der Waals surface area contributed by atoms with Gasteiger partial charge in [0.05, 0.1) is 6.10 Å². The minimum atomic E-state index is -4.35. The van der Waals surface area contributed by atoms with Crippen LogP contribution in [0, 0.1) is 0 Å². The van der Waals surface area contributed by atoms with Crippen molar-refractivity contribution in [3.8, 4) is 0 Å². The summed E-state index contributed by atoms with van der Waals surface area (Å²) in [7, 11) is 0. The summed E-state index contributed by atoms with van der Waals surface area (Å²) in [6, 6.07) is -1.63. The molecule has 19 heavy (non-hydrogen) atoms. The van der Waals surface area contributed by atoms with E-state index in [9.17, 15) is 13.2 Å². The molecule has 1 aromatic heterocycles. The van der Waals surface area contributed by atoms with Gasteiger partial charge in [-0.2, -0.15) is 18.3 Å². The maximum atomic E-state index is 13.0. The van der Waals surface area contributed by atoms with Crippen LogP contribution in [0.15, 0.2) is 12.7 Å². The highest BCUT2D eigenvalue weighted by Gasteiger charge is 2.41. The van der Waals surface area contributed by atoms with Gasteiger partial charge in [0.15, 0.2) is 6.04 Å². The molecule has 2 heterocycles. The lowest BCUT2D eigenvalue weighted by atomic mass is 10.0. The predicted octanol–water partition coefficient (Wildman–Crippen LogP) is 1.54. The molecule has 8 heteroatoms. The molecule has 1 aliphatic rings. The van der Waals surface area contributed by atoms with E-state index in [-0.39, 0.29) is 18.7 Å². The van der Waals surface area contributed by atoms with E-state index < -0.39 is 12.2 Å². The fourth-order valence-corrected chi connectivity index (χ4v) is 2.20. The Bertz CT molecular complexity index is 382. The molecule has 0 radical (unpaired) electrons. The summed E-state index contributed by atoms with van der Waals surface area (Å²) in [6.45, 7) is 2.30. The Morgan fingerprint density at radius 2 is 2.32 bits per heavy atom. The molecular weight excluding hydrogens is 261 g/mol. The zero-order chi connectivity index (χ0) is 13.9. The minimum absolute atomic E-state index is 0.0529. The van der Waals surface area contributed by atoms with Gasteiger partial charge >= 0.3 is 6.18 Å². The lowest BCUT2D eigenvalue weighted by Gasteiger charge is -2.30. The average Bonchev–Trinajstić information content (AvgIpc) is 2.81. The Hall–Kier alpha value is -1.15. The zero-order valence-electron chi connectivity index (χ0n) is 10.6. The van der Waals surface area contributed by atoms with Crippen molar-refractivity contribution in [2.24, 2.45) is 0 Å². The van der Waals surface area contributed by atoms with Crippen molar-refractivity contribution in [1.82, 2.24) is 20.1 Å². The first-order valence-electron chi connectivity index (χ1n) is 6.22. The first-order chi connectivity index (χ1) is 8.97. The normalized spacial score (nSPS) is 26.3. The number of ether oxygens (including phenoxy) is 1. The molecule has 0 bridgehead atoms. The number of halogens is 3. The van der Waals surface area contributed by atoms with Crippen LogP contribution < -0.4 is 5.32 Å². The quantitative estimate of drug-likeness (QED) is 0.907. The number of nitrogens with zero attached hydrogens (tertiary/aromatic N) is 3. The second kappa shape index (κ2) is 5.87. The monoisotopic (exact) mass is 278 g/mol. The first kappa shape index (κ1) is 14.3. The lowest BCUT2D eigenvalue weighted by molar-refractivity contribution is -0.169. The molecule has 0 aromatic carbocycles. The average molecular weight is 278 g/mol. The molecular formula is C11H17F3N4O. The Balaban J connectivity index is 1.94. The first-order valence-corrected chi connectivity index (χ1v) is 6.22. The van der Waals surface area contributed by atoms with Gasteiger partial charge in [0.2, 0.25) is 0 Å². The van der Waals surface area contributed by atoms with Gasteiger partial charge in [0, 0.05) is 19.2 Å². The van der Waals surface area contributed by atoms with Crippen molar-refractivity contribution in [2.45, 2.75) is 44.1 Å². The largest absolute Gasteiger partial charge is 0.412 e. The van der Waals surface area contributed by atoms with Crippen molar-refractivity contribution >= 4 is 0 Å². The lowest BCUT2D eigenvalue weighted by Crippen LogP contribution is -2.43. The summed E-state index contributed by atoms with van der Waals surface area (Å²) >= 11 is 0. The second-order valence-corrected chi connectivity index (χ2v) is 4.74. The number of hydrogen-bond donors (Lipinski definition) is 1. The molecule has 0 amide bonds. The third-order valence-electron chi connectivity index (χ3n) is 3.22. The molecule has 0 aliphatic carbocycles. The van der Waals surface area contributed by atoms with Crippen molar-refractivity contribution < 1.29 is 17.9 Å². The van der Waals surface area contributed by atoms with E-state index in [4.69, 9.17) is 4.74 Å². The van der Waals surface area contributed by atoms with Crippen LogP contribution in [0.1, 0.15) is 25.8 Å². The van der Waals surface area contributed by atoms with Gasteiger partial charge in [0.25, 0.3) is 0 Å². The third-order valence-corrected chi connectivity index (χ3v) is 3.22. The summed E-state index contributed by atoms with van der Waals surface area (Å²) < 4.78 is 45.1. The molecule has 1 N–H and O–H groups in total. The third kappa shape index (κ3) is 3.90. The highest BCUT2D eigenvalue weighted by atomic mass is 19.4. The fraction of sp³-hybridized carbons (Fsp3) is 0.818. The summed E-state index contributed by atoms with van der Waals surface area (Å²) in [4.78, 5) is 3.57. The van der Waals surface area contributed by atoms with Crippen molar-refractivity contribution in [1.29, 1.82) is 0 Å². The van der Waals surface area contributed by atoms with Crippen molar-refractivity contribution in [3.63, 3.8) is 0 Å². The van der Waals surface area contributed by atoms with Crippen LogP contribution in [0.3, 0.4) is 0 Å². The van der Waals surface area contributed by atoms with Crippen LogP contribution in [0.5, 0.6) is 0 Å². The van der Waals surface area contributed by atoms with Gasteiger partial charge in [-0.05, 0) is 19.8 Å². The van der Waals surface area contributed by atoms with Crippen LogP contribution in [-0.2, 0) is 4.74 Å². The van der Waals surface area contributed by atoms with Crippen LogP contribution in [0.2, 0.25) is 0 Å². The molecule has 3 unspecified atom stereocenters. The maximum absolute atomic E-state index is 13.0. The van der Waals surface area contributed by atoms with E-state index in [1.807, 2.05) is 6.92 Å². The van der Waals surface area contributed by atoms with Crippen LogP contribution in [-0.4, -0.2) is 46.2 Å². The Labute approximate surface area is 109 Å². The number of alkyl halides is 3. The van der Waals surface area contributed by atoms with E-state index in [1.54, 1.807) is 0 Å². The Kier molecular flexibility index (Phi) is 4.41. The van der Waals surface area contributed by atoms with E-state index in [2.05, 4.69) is 15.4 Å². The molecule has 3 atom stereocenters. The van der Waals surface area contributed by atoms with E-state index in [1.165, 1.54) is 0 Å². The minimum Gasteiger partial charge on any atom is -0.378 e. The molecule has 108 valence electrons. The SMILES string of the molecule is CC1CC(NCC(n2cncn2)C(F)(F)F)CCO1. The summed E-state index contributed by atoms with van der Waals surface area (Å²) in [6.07, 6.45) is -0.616. The molecule has 2 rings (SSSR count). The van der Waals surface area contributed by atoms with Crippen LogP contribution in [0.25, 0.3) is 0 Å². The number of rotatable bonds is 4.